The second kappa shape index (κ2) is 9.56. The van der Waals surface area contributed by atoms with Crippen molar-refractivity contribution in [1.82, 2.24) is 4.31 Å². The summed E-state index contributed by atoms with van der Waals surface area (Å²) in [6, 6.07) is 18.9. The van der Waals surface area contributed by atoms with Gasteiger partial charge in [0.2, 0.25) is 0 Å². The van der Waals surface area contributed by atoms with Crippen LogP contribution in [0.25, 0.3) is 0 Å². The molecule has 0 aromatic heterocycles. The Bertz CT molecular complexity index is 881. The molecule has 2 rings (SSSR count). The molecule has 0 saturated carbocycles. The maximum Gasteiger partial charge on any atom is 0.270 e. The van der Waals surface area contributed by atoms with Gasteiger partial charge in [0.25, 0.3) is 10.0 Å². The lowest BCUT2D eigenvalue weighted by molar-refractivity contribution is -0.0347. The van der Waals surface area contributed by atoms with Gasteiger partial charge in [-0.3, -0.25) is 0 Å². The monoisotopic (exact) mass is 387 g/mol. The number of sulfonamides is 1. The molecule has 0 aliphatic rings. The van der Waals surface area contributed by atoms with Crippen LogP contribution in [-0.2, 0) is 21.4 Å². The van der Waals surface area contributed by atoms with Crippen molar-refractivity contribution in [2.45, 2.75) is 44.0 Å². The first-order valence-corrected chi connectivity index (χ1v) is 10.1. The van der Waals surface area contributed by atoms with Crippen molar-refractivity contribution in [3.8, 4) is 12.0 Å². The van der Waals surface area contributed by atoms with Crippen LogP contribution in [0.2, 0.25) is 0 Å². The van der Waals surface area contributed by atoms with E-state index >= 15 is 0 Å². The molecule has 2 aromatic rings. The predicted octanol–water partition coefficient (Wildman–Crippen LogP) is 2.93. The zero-order valence-electron chi connectivity index (χ0n) is 15.8. The van der Waals surface area contributed by atoms with Crippen LogP contribution in [0.3, 0.4) is 0 Å². The number of ether oxygens (including phenoxy) is 1. The van der Waals surface area contributed by atoms with Crippen molar-refractivity contribution in [3.63, 3.8) is 0 Å². The van der Waals surface area contributed by atoms with Gasteiger partial charge >= 0.3 is 0 Å². The molecule has 6 heteroatoms. The molecular weight excluding hydrogens is 362 g/mol. The summed E-state index contributed by atoms with van der Waals surface area (Å²) in [5.41, 5.74) is 1.98. The number of aliphatic hydroxyl groups is 1. The molecule has 1 N–H and O–H groups in total. The molecule has 0 radical (unpaired) electrons. The van der Waals surface area contributed by atoms with E-state index < -0.39 is 22.2 Å². The van der Waals surface area contributed by atoms with Crippen molar-refractivity contribution >= 4 is 10.0 Å². The minimum absolute atomic E-state index is 0.192. The van der Waals surface area contributed by atoms with Crippen LogP contribution < -0.4 is 0 Å². The van der Waals surface area contributed by atoms with Gasteiger partial charge in [-0.15, -0.1) is 0 Å². The molecule has 0 bridgehead atoms. The largest absolute Gasteiger partial charge is 0.391 e. The molecule has 0 aliphatic heterocycles. The second-order valence-corrected chi connectivity index (χ2v) is 8.32. The van der Waals surface area contributed by atoms with Crippen molar-refractivity contribution in [3.05, 3.63) is 65.7 Å². The van der Waals surface area contributed by atoms with E-state index in [0.717, 1.165) is 15.4 Å². The Hall–Kier alpha value is -2.33. The van der Waals surface area contributed by atoms with E-state index in [1.165, 1.54) is 7.05 Å². The highest BCUT2D eigenvalue weighted by atomic mass is 32.2. The van der Waals surface area contributed by atoms with Crippen molar-refractivity contribution < 1.29 is 18.3 Å². The molecule has 0 aliphatic carbocycles. The van der Waals surface area contributed by atoms with E-state index in [9.17, 15) is 13.5 Å². The molecular formula is C21H25NO4S. The summed E-state index contributed by atoms with van der Waals surface area (Å²) in [4.78, 5) is 0.192. The van der Waals surface area contributed by atoms with E-state index in [4.69, 9.17) is 4.74 Å². The van der Waals surface area contributed by atoms with E-state index in [-0.39, 0.29) is 11.3 Å². The quantitative estimate of drug-likeness (QED) is 0.586. The molecule has 0 saturated heterocycles. The van der Waals surface area contributed by atoms with Crippen LogP contribution in [-0.4, -0.2) is 37.1 Å². The molecule has 2 aromatic carbocycles. The van der Waals surface area contributed by atoms with E-state index in [1.54, 1.807) is 31.2 Å². The van der Waals surface area contributed by atoms with E-state index in [2.05, 4.69) is 12.0 Å². The maximum absolute atomic E-state index is 12.5. The summed E-state index contributed by atoms with van der Waals surface area (Å²) in [5.74, 6) is 2.80. The first-order valence-electron chi connectivity index (χ1n) is 8.68. The molecule has 5 nitrogen and oxygen atoms in total. The Kier molecular flexibility index (Phi) is 7.43. The van der Waals surface area contributed by atoms with Gasteiger partial charge in [-0.1, -0.05) is 53.9 Å². The summed E-state index contributed by atoms with van der Waals surface area (Å²) >= 11 is 0. The van der Waals surface area contributed by atoms with Gasteiger partial charge in [-0.25, -0.2) is 12.7 Å². The lowest BCUT2D eigenvalue weighted by Crippen LogP contribution is -2.26. The van der Waals surface area contributed by atoms with Gasteiger partial charge in [0.1, 0.15) is 0 Å². The van der Waals surface area contributed by atoms with Crippen molar-refractivity contribution in [2.75, 3.05) is 7.05 Å². The summed E-state index contributed by atoms with van der Waals surface area (Å²) < 4.78 is 31.7. The predicted molar refractivity (Wildman–Crippen MR) is 105 cm³/mol. The number of hydrogen-bond donors (Lipinski definition) is 1. The summed E-state index contributed by atoms with van der Waals surface area (Å²) in [6.45, 7) is 3.88. The standard InChI is InChI=1S/C21H25NO4S/c1-17-11-13-20(14-12-17)27(24,25)22(3)15-7-10-21(18(2)23)26-16-19-8-5-4-6-9-19/h4-6,8-9,11-14,18,21,23H,10,16H2,1-3H3. The second-order valence-electron chi connectivity index (χ2n) is 6.35. The van der Waals surface area contributed by atoms with Crippen molar-refractivity contribution in [1.29, 1.82) is 0 Å². The third-order valence-corrected chi connectivity index (χ3v) is 5.74. The molecule has 0 amide bonds. The fourth-order valence-corrected chi connectivity index (χ4v) is 3.31. The summed E-state index contributed by atoms with van der Waals surface area (Å²) in [6.07, 6.45) is -1.01. The average molecular weight is 388 g/mol. The molecule has 2 unspecified atom stereocenters. The van der Waals surface area contributed by atoms with Crippen LogP contribution in [0, 0.1) is 18.9 Å². The first-order chi connectivity index (χ1) is 12.8. The molecule has 144 valence electrons. The highest BCUT2D eigenvalue weighted by Gasteiger charge is 2.19. The molecule has 0 heterocycles. The lowest BCUT2D eigenvalue weighted by atomic mass is 10.1. The lowest BCUT2D eigenvalue weighted by Gasteiger charge is -2.18. The van der Waals surface area contributed by atoms with Crippen LogP contribution >= 0.6 is 0 Å². The zero-order chi connectivity index (χ0) is 19.9. The normalized spacial score (nSPS) is 13.3. The number of rotatable bonds is 7. The Morgan fingerprint density at radius 1 is 1.11 bits per heavy atom. The Morgan fingerprint density at radius 3 is 2.33 bits per heavy atom. The zero-order valence-corrected chi connectivity index (χ0v) is 16.6. The van der Waals surface area contributed by atoms with Crippen molar-refractivity contribution in [2.24, 2.45) is 0 Å². The molecule has 27 heavy (non-hydrogen) atoms. The van der Waals surface area contributed by atoms with Crippen LogP contribution in [0.1, 0.15) is 24.5 Å². The fourth-order valence-electron chi connectivity index (χ4n) is 2.33. The van der Waals surface area contributed by atoms with Gasteiger partial charge < -0.3 is 9.84 Å². The highest BCUT2D eigenvalue weighted by Crippen LogP contribution is 2.14. The van der Waals surface area contributed by atoms with Crippen LogP contribution in [0.5, 0.6) is 0 Å². The Balaban J connectivity index is 2.00. The summed E-state index contributed by atoms with van der Waals surface area (Å²) in [7, 11) is -2.27. The molecule has 0 spiro atoms. The van der Waals surface area contributed by atoms with Gasteiger partial charge in [0, 0.05) is 19.5 Å². The number of aliphatic hydroxyl groups excluding tert-OH is 1. The SMILES string of the molecule is Cc1ccc(S(=O)(=O)N(C)C#CCC(OCc2ccccc2)C(C)O)cc1. The van der Waals surface area contributed by atoms with Crippen LogP contribution in [0.4, 0.5) is 0 Å². The third-order valence-electron chi connectivity index (χ3n) is 4.06. The third kappa shape index (κ3) is 6.10. The minimum atomic E-state index is -3.67. The number of hydrogen-bond acceptors (Lipinski definition) is 4. The topological polar surface area (TPSA) is 66.8 Å². The van der Waals surface area contributed by atoms with Gasteiger partial charge in [0.05, 0.1) is 23.7 Å². The number of benzene rings is 2. The minimum Gasteiger partial charge on any atom is -0.391 e. The van der Waals surface area contributed by atoms with E-state index in [0.29, 0.717) is 6.61 Å². The molecule has 2 atom stereocenters. The fraction of sp³-hybridized carbons (Fsp3) is 0.333. The average Bonchev–Trinajstić information content (AvgIpc) is 2.65. The summed E-state index contributed by atoms with van der Waals surface area (Å²) in [5, 5.41) is 9.89. The molecule has 0 fully saturated rings. The smallest absolute Gasteiger partial charge is 0.270 e. The van der Waals surface area contributed by atoms with E-state index in [1.807, 2.05) is 37.3 Å². The van der Waals surface area contributed by atoms with Gasteiger partial charge in [-0.2, -0.15) is 0 Å². The number of aryl methyl sites for hydroxylation is 1. The van der Waals surface area contributed by atoms with Gasteiger partial charge in [-0.05, 0) is 31.5 Å². The van der Waals surface area contributed by atoms with Crippen LogP contribution in [0.15, 0.2) is 59.5 Å². The maximum atomic E-state index is 12.5. The number of nitrogens with zero attached hydrogens (tertiary/aromatic N) is 1. The Morgan fingerprint density at radius 2 is 1.74 bits per heavy atom. The Labute approximate surface area is 161 Å². The highest BCUT2D eigenvalue weighted by molar-refractivity contribution is 7.89. The first kappa shape index (κ1) is 21.0. The van der Waals surface area contributed by atoms with Gasteiger partial charge in [0.15, 0.2) is 0 Å².